The van der Waals surface area contributed by atoms with Crippen LogP contribution in [0.25, 0.3) is 0 Å². The molecule has 0 spiro atoms. The van der Waals surface area contributed by atoms with Gasteiger partial charge >= 0.3 is 0 Å². The van der Waals surface area contributed by atoms with Gasteiger partial charge in [0.15, 0.2) is 5.13 Å². The fraction of sp³-hybridized carbons (Fsp3) is 0.625. The zero-order valence-corrected chi connectivity index (χ0v) is 9.20. The minimum absolute atomic E-state index is 0. The second-order valence-corrected chi connectivity index (χ2v) is 3.95. The first-order chi connectivity index (χ1) is 5.88. The standard InChI is InChI=1S/C8H13N3S.ClH/c1-11(7-2-3-9-6-7)8-10-4-5-12-8;/h4-5,7,9H,2-3,6H2,1H3;1H/t7-;/m0./s1. The molecule has 0 unspecified atom stereocenters. The van der Waals surface area contributed by atoms with Crippen molar-refractivity contribution in [2.24, 2.45) is 0 Å². The van der Waals surface area contributed by atoms with Gasteiger partial charge in [-0.05, 0) is 13.0 Å². The fourth-order valence-corrected chi connectivity index (χ4v) is 2.20. The number of hydrogen-bond acceptors (Lipinski definition) is 4. The van der Waals surface area contributed by atoms with E-state index in [4.69, 9.17) is 0 Å². The van der Waals surface area contributed by atoms with Gasteiger partial charge in [-0.3, -0.25) is 0 Å². The van der Waals surface area contributed by atoms with Crippen molar-refractivity contribution in [3.63, 3.8) is 0 Å². The smallest absolute Gasteiger partial charge is 0.185 e. The highest BCUT2D eigenvalue weighted by molar-refractivity contribution is 7.13. The maximum atomic E-state index is 4.28. The third-order valence-corrected chi connectivity index (χ3v) is 3.17. The number of halogens is 1. The highest BCUT2D eigenvalue weighted by Gasteiger charge is 2.20. The quantitative estimate of drug-likeness (QED) is 0.815. The van der Waals surface area contributed by atoms with Gasteiger partial charge in [-0.15, -0.1) is 23.7 Å². The van der Waals surface area contributed by atoms with Crippen molar-refractivity contribution in [1.29, 1.82) is 0 Å². The Morgan fingerprint density at radius 1 is 1.69 bits per heavy atom. The van der Waals surface area contributed by atoms with Crippen LogP contribution in [0.15, 0.2) is 11.6 Å². The van der Waals surface area contributed by atoms with E-state index in [2.05, 4.69) is 22.2 Å². The summed E-state index contributed by atoms with van der Waals surface area (Å²) in [6.07, 6.45) is 3.09. The summed E-state index contributed by atoms with van der Waals surface area (Å²) in [6, 6.07) is 0.635. The van der Waals surface area contributed by atoms with Gasteiger partial charge < -0.3 is 10.2 Å². The van der Waals surface area contributed by atoms with Gasteiger partial charge in [0, 0.05) is 31.2 Å². The number of hydrogen-bond donors (Lipinski definition) is 1. The Hall–Kier alpha value is -0.320. The van der Waals surface area contributed by atoms with E-state index >= 15 is 0 Å². The van der Waals surface area contributed by atoms with E-state index in [0.717, 1.165) is 18.2 Å². The summed E-state index contributed by atoms with van der Waals surface area (Å²) < 4.78 is 0. The molecule has 74 valence electrons. The Morgan fingerprint density at radius 2 is 2.54 bits per heavy atom. The average molecular weight is 220 g/mol. The highest BCUT2D eigenvalue weighted by atomic mass is 35.5. The van der Waals surface area contributed by atoms with E-state index in [1.807, 2.05) is 11.6 Å². The van der Waals surface area contributed by atoms with Crippen molar-refractivity contribution in [3.05, 3.63) is 11.6 Å². The van der Waals surface area contributed by atoms with Crippen LogP contribution in [0, 0.1) is 0 Å². The van der Waals surface area contributed by atoms with Gasteiger partial charge in [0.25, 0.3) is 0 Å². The molecule has 2 heterocycles. The second-order valence-electron chi connectivity index (χ2n) is 3.07. The first-order valence-electron chi connectivity index (χ1n) is 4.21. The van der Waals surface area contributed by atoms with Crippen molar-refractivity contribution in [3.8, 4) is 0 Å². The molecular weight excluding hydrogens is 206 g/mol. The normalized spacial score (nSPS) is 21.2. The topological polar surface area (TPSA) is 28.2 Å². The first kappa shape index (κ1) is 10.8. The largest absolute Gasteiger partial charge is 0.347 e. The number of nitrogens with zero attached hydrogens (tertiary/aromatic N) is 2. The monoisotopic (exact) mass is 219 g/mol. The number of aromatic nitrogens is 1. The predicted molar refractivity (Wildman–Crippen MR) is 59.0 cm³/mol. The van der Waals surface area contributed by atoms with Gasteiger partial charge in [0.05, 0.1) is 0 Å². The number of anilines is 1. The van der Waals surface area contributed by atoms with Crippen LogP contribution < -0.4 is 10.2 Å². The lowest BCUT2D eigenvalue weighted by molar-refractivity contribution is 0.684. The zero-order chi connectivity index (χ0) is 8.39. The maximum Gasteiger partial charge on any atom is 0.185 e. The van der Waals surface area contributed by atoms with Crippen LogP contribution in [0.4, 0.5) is 5.13 Å². The molecule has 0 aromatic carbocycles. The lowest BCUT2D eigenvalue weighted by Crippen LogP contribution is -2.33. The molecular formula is C8H14ClN3S. The summed E-state index contributed by atoms with van der Waals surface area (Å²) >= 11 is 1.70. The third-order valence-electron chi connectivity index (χ3n) is 2.30. The molecule has 0 radical (unpaired) electrons. The first-order valence-corrected chi connectivity index (χ1v) is 5.09. The minimum Gasteiger partial charge on any atom is -0.347 e. The summed E-state index contributed by atoms with van der Waals surface area (Å²) in [5, 5.41) is 6.50. The average Bonchev–Trinajstić information content (AvgIpc) is 2.77. The molecule has 1 saturated heterocycles. The minimum atomic E-state index is 0. The van der Waals surface area contributed by atoms with Gasteiger partial charge in [0.2, 0.25) is 0 Å². The summed E-state index contributed by atoms with van der Waals surface area (Å²) in [7, 11) is 2.12. The number of rotatable bonds is 2. The van der Waals surface area contributed by atoms with Crippen LogP contribution in [-0.2, 0) is 0 Å². The Morgan fingerprint density at radius 3 is 3.08 bits per heavy atom. The summed E-state index contributed by atoms with van der Waals surface area (Å²) in [5.41, 5.74) is 0. The maximum absolute atomic E-state index is 4.28. The van der Waals surface area contributed by atoms with Crippen LogP contribution in [0.3, 0.4) is 0 Å². The van der Waals surface area contributed by atoms with Crippen molar-refractivity contribution in [2.45, 2.75) is 12.5 Å². The van der Waals surface area contributed by atoms with Crippen LogP contribution in [-0.4, -0.2) is 31.2 Å². The number of nitrogens with one attached hydrogen (secondary N) is 1. The molecule has 1 atom stereocenters. The zero-order valence-electron chi connectivity index (χ0n) is 7.56. The van der Waals surface area contributed by atoms with E-state index in [-0.39, 0.29) is 12.4 Å². The van der Waals surface area contributed by atoms with Crippen molar-refractivity contribution in [1.82, 2.24) is 10.3 Å². The van der Waals surface area contributed by atoms with Gasteiger partial charge in [-0.2, -0.15) is 0 Å². The van der Waals surface area contributed by atoms with Crippen LogP contribution in [0.5, 0.6) is 0 Å². The Kier molecular flexibility index (Phi) is 3.96. The van der Waals surface area contributed by atoms with Gasteiger partial charge in [-0.1, -0.05) is 0 Å². The van der Waals surface area contributed by atoms with E-state index in [1.165, 1.54) is 6.42 Å². The fourth-order valence-electron chi connectivity index (χ4n) is 1.52. The molecule has 0 saturated carbocycles. The van der Waals surface area contributed by atoms with Crippen molar-refractivity contribution in [2.75, 3.05) is 25.0 Å². The highest BCUT2D eigenvalue weighted by Crippen LogP contribution is 2.20. The molecule has 5 heteroatoms. The van der Waals surface area contributed by atoms with Crippen LogP contribution in [0.1, 0.15) is 6.42 Å². The molecule has 1 fully saturated rings. The van der Waals surface area contributed by atoms with Gasteiger partial charge in [-0.25, -0.2) is 4.98 Å². The van der Waals surface area contributed by atoms with E-state index in [9.17, 15) is 0 Å². The summed E-state index contributed by atoms with van der Waals surface area (Å²) in [6.45, 7) is 2.23. The predicted octanol–water partition coefficient (Wildman–Crippen LogP) is 1.36. The summed E-state index contributed by atoms with van der Waals surface area (Å²) in [5.74, 6) is 0. The molecule has 0 amide bonds. The molecule has 0 aliphatic carbocycles. The van der Waals surface area contributed by atoms with Crippen molar-refractivity contribution < 1.29 is 0 Å². The van der Waals surface area contributed by atoms with Crippen LogP contribution >= 0.6 is 23.7 Å². The Balaban J connectivity index is 0.000000845. The van der Waals surface area contributed by atoms with Gasteiger partial charge in [0.1, 0.15) is 0 Å². The lowest BCUT2D eigenvalue weighted by atomic mass is 10.2. The van der Waals surface area contributed by atoms with E-state index in [1.54, 1.807) is 11.3 Å². The molecule has 2 rings (SSSR count). The molecule has 13 heavy (non-hydrogen) atoms. The molecule has 1 aromatic rings. The lowest BCUT2D eigenvalue weighted by Gasteiger charge is -2.22. The number of likely N-dealkylation sites (N-methyl/N-ethyl adjacent to an activating group) is 1. The number of thiazole rings is 1. The molecule has 1 aromatic heterocycles. The molecule has 0 bridgehead atoms. The Bertz CT molecular complexity index is 234. The molecule has 1 aliphatic rings. The molecule has 3 nitrogen and oxygen atoms in total. The van der Waals surface area contributed by atoms with E-state index in [0.29, 0.717) is 6.04 Å². The third kappa shape index (κ3) is 2.33. The second kappa shape index (κ2) is 4.79. The SMILES string of the molecule is CN(c1nccs1)[C@H]1CCNC1.Cl. The molecule has 1 N–H and O–H groups in total. The van der Waals surface area contributed by atoms with Crippen LogP contribution in [0.2, 0.25) is 0 Å². The molecule has 1 aliphatic heterocycles. The summed E-state index contributed by atoms with van der Waals surface area (Å²) in [4.78, 5) is 6.55. The van der Waals surface area contributed by atoms with Crippen molar-refractivity contribution >= 4 is 28.9 Å². The van der Waals surface area contributed by atoms with E-state index < -0.39 is 0 Å². The Labute approximate surface area is 88.6 Å².